The zero-order chi connectivity index (χ0) is 17.8. The van der Waals surface area contributed by atoms with E-state index in [4.69, 9.17) is 4.74 Å². The van der Waals surface area contributed by atoms with E-state index in [0.29, 0.717) is 11.3 Å². The highest BCUT2D eigenvalue weighted by Crippen LogP contribution is 2.40. The molecule has 1 saturated carbocycles. The van der Waals surface area contributed by atoms with Crippen LogP contribution >= 0.6 is 0 Å². The SMILES string of the molecule is Cc1cc(N2Cc3ccccc3S2(=O)=O)nc(OC2CC(F)(F)C2)n1. The number of aromatic nitrogens is 2. The summed E-state index contributed by atoms with van der Waals surface area (Å²) < 4.78 is 57.9. The molecule has 0 spiro atoms. The molecule has 2 aliphatic rings. The van der Waals surface area contributed by atoms with E-state index in [2.05, 4.69) is 9.97 Å². The van der Waals surface area contributed by atoms with Crippen LogP contribution in [0.4, 0.5) is 14.6 Å². The fourth-order valence-corrected chi connectivity index (χ4v) is 4.59. The van der Waals surface area contributed by atoms with Crippen LogP contribution in [-0.2, 0) is 16.6 Å². The molecule has 1 aromatic heterocycles. The van der Waals surface area contributed by atoms with Gasteiger partial charge in [-0.1, -0.05) is 18.2 Å². The number of halogens is 2. The molecule has 0 radical (unpaired) electrons. The van der Waals surface area contributed by atoms with Crippen LogP contribution in [0.25, 0.3) is 0 Å². The first-order valence-corrected chi connectivity index (χ1v) is 9.19. The summed E-state index contributed by atoms with van der Waals surface area (Å²) in [5.41, 5.74) is 1.18. The van der Waals surface area contributed by atoms with Gasteiger partial charge in [-0.25, -0.2) is 26.5 Å². The number of rotatable bonds is 3. The number of aryl methyl sites for hydroxylation is 1. The molecule has 1 aromatic carbocycles. The van der Waals surface area contributed by atoms with Crippen molar-refractivity contribution in [3.8, 4) is 6.01 Å². The standard InChI is InChI=1S/C16H15F2N3O3S/c1-10-6-14(20-15(19-10)24-12-7-16(17,18)8-12)21-9-11-4-2-3-5-13(11)25(21,22)23/h2-6,12H,7-9H2,1H3. The van der Waals surface area contributed by atoms with Crippen LogP contribution in [0.1, 0.15) is 24.1 Å². The largest absolute Gasteiger partial charge is 0.460 e. The Hall–Kier alpha value is -2.29. The van der Waals surface area contributed by atoms with Gasteiger partial charge in [-0.15, -0.1) is 0 Å². The quantitative estimate of drug-likeness (QED) is 0.834. The third kappa shape index (κ3) is 2.82. The normalized spacial score (nSPS) is 20.8. The van der Waals surface area contributed by atoms with Crippen molar-refractivity contribution in [1.29, 1.82) is 0 Å². The molecule has 6 nitrogen and oxygen atoms in total. The van der Waals surface area contributed by atoms with Gasteiger partial charge in [0.1, 0.15) is 11.9 Å². The first-order valence-electron chi connectivity index (χ1n) is 7.75. The first-order chi connectivity index (χ1) is 11.7. The maximum absolute atomic E-state index is 12.9. The number of ether oxygens (including phenoxy) is 1. The molecular formula is C16H15F2N3O3S. The number of sulfonamides is 1. The van der Waals surface area contributed by atoms with Crippen LogP contribution in [-0.4, -0.2) is 30.4 Å². The third-order valence-electron chi connectivity index (χ3n) is 4.26. The van der Waals surface area contributed by atoms with Gasteiger partial charge >= 0.3 is 6.01 Å². The highest BCUT2D eigenvalue weighted by atomic mass is 32.2. The minimum absolute atomic E-state index is 0.0818. The molecule has 9 heteroatoms. The predicted molar refractivity (Wildman–Crippen MR) is 85.2 cm³/mol. The van der Waals surface area contributed by atoms with Crippen molar-refractivity contribution in [2.75, 3.05) is 4.31 Å². The lowest BCUT2D eigenvalue weighted by Crippen LogP contribution is -2.43. The first kappa shape index (κ1) is 16.2. The van der Waals surface area contributed by atoms with Gasteiger partial charge in [0.15, 0.2) is 0 Å². The Morgan fingerprint density at radius 3 is 2.64 bits per heavy atom. The maximum atomic E-state index is 12.9. The molecule has 0 N–H and O–H groups in total. The minimum atomic E-state index is -3.70. The van der Waals surface area contributed by atoms with Gasteiger partial charge in [-0.3, -0.25) is 0 Å². The van der Waals surface area contributed by atoms with Crippen molar-refractivity contribution < 1.29 is 21.9 Å². The van der Waals surface area contributed by atoms with E-state index < -0.39 is 22.0 Å². The van der Waals surface area contributed by atoms with Crippen LogP contribution in [0.15, 0.2) is 35.2 Å². The van der Waals surface area contributed by atoms with Crippen molar-refractivity contribution in [3.05, 3.63) is 41.6 Å². The van der Waals surface area contributed by atoms with Gasteiger partial charge in [-0.05, 0) is 18.6 Å². The van der Waals surface area contributed by atoms with Gasteiger partial charge in [0.2, 0.25) is 0 Å². The zero-order valence-corrected chi connectivity index (χ0v) is 14.1. The molecule has 25 heavy (non-hydrogen) atoms. The summed E-state index contributed by atoms with van der Waals surface area (Å²) in [6, 6.07) is 8.18. The molecule has 0 bridgehead atoms. The Morgan fingerprint density at radius 1 is 1.24 bits per heavy atom. The average Bonchev–Trinajstić information content (AvgIpc) is 2.77. The highest BCUT2D eigenvalue weighted by Gasteiger charge is 2.47. The second kappa shape index (κ2) is 5.35. The van der Waals surface area contributed by atoms with Crippen molar-refractivity contribution in [3.63, 3.8) is 0 Å². The number of benzene rings is 1. The van der Waals surface area contributed by atoms with Crippen LogP contribution in [0, 0.1) is 6.92 Å². The number of hydrogen-bond donors (Lipinski definition) is 0. The smallest absolute Gasteiger partial charge is 0.318 e. The molecule has 4 rings (SSSR count). The van der Waals surface area contributed by atoms with E-state index in [9.17, 15) is 17.2 Å². The maximum Gasteiger partial charge on any atom is 0.318 e. The Morgan fingerprint density at radius 2 is 1.96 bits per heavy atom. The second-order valence-corrected chi connectivity index (χ2v) is 8.10. The summed E-state index contributed by atoms with van der Waals surface area (Å²) in [6.45, 7) is 1.83. The lowest BCUT2D eigenvalue weighted by molar-refractivity contribution is -0.136. The Balaban J connectivity index is 1.64. The van der Waals surface area contributed by atoms with Crippen LogP contribution in [0.3, 0.4) is 0 Å². The molecule has 0 atom stereocenters. The molecule has 2 heterocycles. The van der Waals surface area contributed by atoms with Crippen molar-refractivity contribution in [1.82, 2.24) is 9.97 Å². The van der Waals surface area contributed by atoms with Crippen molar-refractivity contribution in [2.45, 2.75) is 43.2 Å². The van der Waals surface area contributed by atoms with Crippen molar-refractivity contribution in [2.24, 2.45) is 0 Å². The Bertz CT molecular complexity index is 941. The number of anilines is 1. The van der Waals surface area contributed by atoms with Crippen molar-refractivity contribution >= 4 is 15.8 Å². The zero-order valence-electron chi connectivity index (χ0n) is 13.3. The minimum Gasteiger partial charge on any atom is -0.460 e. The molecule has 1 aliphatic carbocycles. The Labute approximate surface area is 143 Å². The predicted octanol–water partition coefficient (Wildman–Crippen LogP) is 2.67. The molecule has 0 saturated heterocycles. The summed E-state index contributed by atoms with van der Waals surface area (Å²) in [6.07, 6.45) is -1.42. The van der Waals surface area contributed by atoms with E-state index >= 15 is 0 Å². The molecule has 1 aliphatic heterocycles. The molecule has 0 unspecified atom stereocenters. The van der Waals surface area contributed by atoms with E-state index in [1.54, 1.807) is 31.2 Å². The molecular weight excluding hydrogens is 352 g/mol. The van der Waals surface area contributed by atoms with Crippen LogP contribution in [0.5, 0.6) is 6.01 Å². The fraction of sp³-hybridized carbons (Fsp3) is 0.375. The van der Waals surface area contributed by atoms with Gasteiger partial charge in [0.25, 0.3) is 15.9 Å². The highest BCUT2D eigenvalue weighted by molar-refractivity contribution is 7.93. The summed E-state index contributed by atoms with van der Waals surface area (Å²) in [5, 5.41) is 0. The number of alkyl halides is 2. The second-order valence-electron chi connectivity index (χ2n) is 6.27. The monoisotopic (exact) mass is 367 g/mol. The van der Waals surface area contributed by atoms with Gasteiger partial charge in [-0.2, -0.15) is 4.98 Å². The summed E-state index contributed by atoms with van der Waals surface area (Å²) in [5.74, 6) is -2.54. The molecule has 0 amide bonds. The van der Waals surface area contributed by atoms with Gasteiger partial charge in [0.05, 0.1) is 11.4 Å². The van der Waals surface area contributed by atoms with E-state index in [1.807, 2.05) is 0 Å². The third-order valence-corrected chi connectivity index (χ3v) is 6.11. The number of fused-ring (bicyclic) bond motifs is 1. The number of nitrogens with zero attached hydrogens (tertiary/aromatic N) is 3. The van der Waals surface area contributed by atoms with E-state index in [1.165, 1.54) is 10.4 Å². The van der Waals surface area contributed by atoms with Crippen LogP contribution < -0.4 is 9.04 Å². The summed E-state index contributed by atoms with van der Waals surface area (Å²) in [4.78, 5) is 8.45. The lowest BCUT2D eigenvalue weighted by atomic mass is 9.91. The Kier molecular flexibility index (Phi) is 3.47. The average molecular weight is 367 g/mol. The van der Waals surface area contributed by atoms with Gasteiger partial charge < -0.3 is 4.74 Å². The summed E-state index contributed by atoms with van der Waals surface area (Å²) in [7, 11) is -3.70. The lowest BCUT2D eigenvalue weighted by Gasteiger charge is -2.34. The number of hydrogen-bond acceptors (Lipinski definition) is 5. The van der Waals surface area contributed by atoms with E-state index in [0.717, 1.165) is 0 Å². The van der Waals surface area contributed by atoms with Crippen LogP contribution in [0.2, 0.25) is 0 Å². The molecule has 132 valence electrons. The topological polar surface area (TPSA) is 72.4 Å². The summed E-state index contributed by atoms with van der Waals surface area (Å²) >= 11 is 0. The fourth-order valence-electron chi connectivity index (χ4n) is 2.99. The van der Waals surface area contributed by atoms with Gasteiger partial charge in [0, 0.05) is 24.6 Å². The molecule has 2 aromatic rings. The molecule has 1 fully saturated rings. The van der Waals surface area contributed by atoms with E-state index in [-0.39, 0.29) is 36.1 Å².